The van der Waals surface area contributed by atoms with Crippen LogP contribution in [-0.2, 0) is 0 Å². The van der Waals surface area contributed by atoms with Crippen LogP contribution in [0.3, 0.4) is 0 Å². The van der Waals surface area contributed by atoms with E-state index in [0.717, 1.165) is 43.6 Å². The summed E-state index contributed by atoms with van der Waals surface area (Å²) in [7, 11) is 0. The molecule has 0 aliphatic carbocycles. The van der Waals surface area contributed by atoms with Gasteiger partial charge in [-0.2, -0.15) is 0 Å². The monoisotopic (exact) mass is 698 g/mol. The van der Waals surface area contributed by atoms with Crippen LogP contribution in [0, 0.1) is 0 Å². The fourth-order valence-corrected chi connectivity index (χ4v) is 10.6. The van der Waals surface area contributed by atoms with Crippen molar-refractivity contribution in [2.75, 3.05) is 0 Å². The molecule has 0 spiro atoms. The van der Waals surface area contributed by atoms with E-state index in [1.165, 1.54) is 57.5 Å². The molecule has 242 valence electrons. The molecule has 0 N–H and O–H groups in total. The van der Waals surface area contributed by atoms with Gasteiger partial charge in [0, 0.05) is 63.1 Å². The first-order chi connectivity index (χ1) is 25.8. The van der Waals surface area contributed by atoms with Gasteiger partial charge < -0.3 is 4.57 Å². The van der Waals surface area contributed by atoms with Gasteiger partial charge in [-0.15, -0.1) is 22.7 Å². The van der Waals surface area contributed by atoms with E-state index < -0.39 is 0 Å². The molecule has 5 aromatic heterocycles. The minimum atomic E-state index is 0.683. The van der Waals surface area contributed by atoms with Crippen molar-refractivity contribution in [3.8, 4) is 22.9 Å². The Bertz CT molecular complexity index is 3420. The number of benzene rings is 7. The topological polar surface area (TPSA) is 35.6 Å². The molecule has 0 aliphatic rings. The molecule has 0 radical (unpaired) electrons. The molecule has 7 aromatic carbocycles. The smallest absolute Gasteiger partial charge is 0.235 e. The number of aromatic nitrogens is 4. The van der Waals surface area contributed by atoms with Crippen molar-refractivity contribution in [1.29, 1.82) is 0 Å². The minimum absolute atomic E-state index is 0.683. The number of fused-ring (bicyclic) bond motifs is 13. The summed E-state index contributed by atoms with van der Waals surface area (Å²) in [4.78, 5) is 11.0. The fourth-order valence-electron chi connectivity index (χ4n) is 8.34. The van der Waals surface area contributed by atoms with E-state index in [4.69, 9.17) is 9.97 Å². The maximum atomic E-state index is 5.55. The van der Waals surface area contributed by atoms with Crippen LogP contribution in [0.15, 0.2) is 158 Å². The van der Waals surface area contributed by atoms with Gasteiger partial charge in [-0.1, -0.05) is 97.1 Å². The Labute approximate surface area is 305 Å². The van der Waals surface area contributed by atoms with Crippen LogP contribution < -0.4 is 0 Å². The summed E-state index contributed by atoms with van der Waals surface area (Å²) < 4.78 is 9.55. The molecular formula is C46H26N4S2. The van der Waals surface area contributed by atoms with Gasteiger partial charge >= 0.3 is 0 Å². The Balaban J connectivity index is 1.19. The third kappa shape index (κ3) is 3.85. The maximum Gasteiger partial charge on any atom is 0.235 e. The van der Waals surface area contributed by atoms with Gasteiger partial charge in [-0.3, -0.25) is 4.57 Å². The first kappa shape index (κ1) is 28.4. The Morgan fingerprint density at radius 3 is 1.87 bits per heavy atom. The summed E-state index contributed by atoms with van der Waals surface area (Å²) >= 11 is 3.63. The number of hydrogen-bond acceptors (Lipinski definition) is 4. The van der Waals surface area contributed by atoms with Gasteiger partial charge in [0.25, 0.3) is 0 Å². The molecule has 0 bridgehead atoms. The van der Waals surface area contributed by atoms with Crippen molar-refractivity contribution in [3.63, 3.8) is 0 Å². The average molecular weight is 699 g/mol. The molecule has 0 saturated carbocycles. The van der Waals surface area contributed by atoms with Gasteiger partial charge in [-0.05, 0) is 60.7 Å². The Morgan fingerprint density at radius 2 is 1.04 bits per heavy atom. The lowest BCUT2D eigenvalue weighted by atomic mass is 10.1. The van der Waals surface area contributed by atoms with Gasteiger partial charge in [0.2, 0.25) is 5.95 Å². The molecule has 0 amide bonds. The van der Waals surface area contributed by atoms with Crippen LogP contribution in [0.25, 0.3) is 107 Å². The molecule has 0 saturated heterocycles. The van der Waals surface area contributed by atoms with E-state index in [-0.39, 0.29) is 0 Å². The van der Waals surface area contributed by atoms with Gasteiger partial charge in [0.15, 0.2) is 0 Å². The van der Waals surface area contributed by atoms with E-state index >= 15 is 0 Å². The Morgan fingerprint density at radius 1 is 0.404 bits per heavy atom. The highest BCUT2D eigenvalue weighted by molar-refractivity contribution is 7.26. The van der Waals surface area contributed by atoms with E-state index in [1.54, 1.807) is 11.3 Å². The third-order valence-electron chi connectivity index (χ3n) is 10.5. The van der Waals surface area contributed by atoms with Crippen LogP contribution in [0.4, 0.5) is 0 Å². The number of hydrogen-bond donors (Lipinski definition) is 0. The average Bonchev–Trinajstić information content (AvgIpc) is 3.95. The van der Waals surface area contributed by atoms with E-state index in [2.05, 4.69) is 167 Å². The lowest BCUT2D eigenvalue weighted by Crippen LogP contribution is -2.02. The Kier molecular flexibility index (Phi) is 5.78. The zero-order valence-electron chi connectivity index (χ0n) is 27.6. The first-order valence-corrected chi connectivity index (χ1v) is 19.1. The molecule has 52 heavy (non-hydrogen) atoms. The van der Waals surface area contributed by atoms with Crippen molar-refractivity contribution < 1.29 is 0 Å². The van der Waals surface area contributed by atoms with Crippen molar-refractivity contribution in [2.24, 2.45) is 0 Å². The number of thiophene rings is 2. The SMILES string of the molecule is c1ccc(-n2c3ccccc3c3cc(-c4nc(-n5c6ccccc6c6c7c(ccc65)sc5ccccc57)nc5c4sc4ccccc45)ccc32)cc1. The summed E-state index contributed by atoms with van der Waals surface area (Å²) in [6, 6.07) is 56.8. The first-order valence-electron chi connectivity index (χ1n) is 17.4. The zero-order chi connectivity index (χ0) is 33.9. The molecule has 5 heterocycles. The summed E-state index contributed by atoms with van der Waals surface area (Å²) in [5.74, 6) is 0.683. The standard InChI is InChI=1S/C46H26N4S2/c1-2-12-28(13-3-1)49-34-18-8-4-14-29(34)33-26-27(22-23-36(33)49)43-45-44(32-17-7-11-21-39(32)52-45)48-46(47-43)50-35-19-9-5-15-30(35)41-37(50)24-25-40-42(41)31-16-6-10-20-38(31)51-40/h1-26H. The molecule has 0 unspecified atom stereocenters. The normalized spacial score (nSPS) is 12.2. The lowest BCUT2D eigenvalue weighted by molar-refractivity contribution is 1.02. The molecular weight excluding hydrogens is 673 g/mol. The van der Waals surface area contributed by atoms with Crippen LogP contribution in [-0.4, -0.2) is 19.1 Å². The number of nitrogens with zero attached hydrogens (tertiary/aromatic N) is 4. The highest BCUT2D eigenvalue weighted by atomic mass is 32.1. The summed E-state index contributed by atoms with van der Waals surface area (Å²) in [5.41, 5.74) is 8.75. The molecule has 6 heteroatoms. The second kappa shape index (κ2) is 10.6. The molecule has 0 fully saturated rings. The van der Waals surface area contributed by atoms with Gasteiger partial charge in [-0.25, -0.2) is 9.97 Å². The minimum Gasteiger partial charge on any atom is -0.309 e. The zero-order valence-corrected chi connectivity index (χ0v) is 29.2. The predicted octanol–water partition coefficient (Wildman–Crippen LogP) is 13.1. The molecule has 0 atom stereocenters. The quantitative estimate of drug-likeness (QED) is 0.184. The van der Waals surface area contributed by atoms with Crippen molar-refractivity contribution >= 4 is 107 Å². The maximum absolute atomic E-state index is 5.55. The molecule has 12 rings (SSSR count). The summed E-state index contributed by atoms with van der Waals surface area (Å²) in [6.45, 7) is 0. The molecule has 0 aliphatic heterocycles. The number of para-hydroxylation sites is 3. The highest BCUT2D eigenvalue weighted by Crippen LogP contribution is 2.45. The molecule has 4 nitrogen and oxygen atoms in total. The largest absolute Gasteiger partial charge is 0.309 e. The Hall–Kier alpha value is -6.34. The van der Waals surface area contributed by atoms with Crippen molar-refractivity contribution in [2.45, 2.75) is 0 Å². The van der Waals surface area contributed by atoms with Crippen LogP contribution in [0.5, 0.6) is 0 Å². The second-order valence-corrected chi connectivity index (χ2v) is 15.5. The van der Waals surface area contributed by atoms with E-state index in [0.29, 0.717) is 5.95 Å². The number of rotatable bonds is 3. The highest BCUT2D eigenvalue weighted by Gasteiger charge is 2.23. The van der Waals surface area contributed by atoms with Gasteiger partial charge in [0.05, 0.1) is 38.0 Å². The third-order valence-corrected chi connectivity index (χ3v) is 12.8. The lowest BCUT2D eigenvalue weighted by Gasteiger charge is -2.11. The van der Waals surface area contributed by atoms with Crippen molar-refractivity contribution in [1.82, 2.24) is 19.1 Å². The summed E-state index contributed by atoms with van der Waals surface area (Å²) in [5, 5.41) is 8.63. The van der Waals surface area contributed by atoms with Crippen molar-refractivity contribution in [3.05, 3.63) is 158 Å². The second-order valence-electron chi connectivity index (χ2n) is 13.4. The predicted molar refractivity (Wildman–Crippen MR) is 222 cm³/mol. The van der Waals surface area contributed by atoms with Crippen LogP contribution >= 0.6 is 22.7 Å². The van der Waals surface area contributed by atoms with Crippen LogP contribution in [0.2, 0.25) is 0 Å². The summed E-state index contributed by atoms with van der Waals surface area (Å²) in [6.07, 6.45) is 0. The van der Waals surface area contributed by atoms with E-state index in [9.17, 15) is 0 Å². The van der Waals surface area contributed by atoms with E-state index in [1.807, 2.05) is 11.3 Å². The fraction of sp³-hybridized carbons (Fsp3) is 0. The van der Waals surface area contributed by atoms with Crippen LogP contribution in [0.1, 0.15) is 0 Å². The van der Waals surface area contributed by atoms with Gasteiger partial charge in [0.1, 0.15) is 0 Å². The molecule has 12 aromatic rings.